The zero-order valence-electron chi connectivity index (χ0n) is 25.6. The summed E-state index contributed by atoms with van der Waals surface area (Å²) in [6.45, 7) is 5.04. The number of amides is 2. The molecular weight excluding hydrogens is 576 g/mol. The van der Waals surface area contributed by atoms with Gasteiger partial charge < -0.3 is 29.7 Å². The van der Waals surface area contributed by atoms with Crippen LogP contribution in [-0.2, 0) is 22.5 Å². The summed E-state index contributed by atoms with van der Waals surface area (Å²) < 4.78 is 10.9. The van der Waals surface area contributed by atoms with Crippen molar-refractivity contribution in [2.75, 3.05) is 25.2 Å². The molecule has 1 saturated heterocycles. The zero-order valence-corrected chi connectivity index (χ0v) is 25.6. The highest BCUT2D eigenvalue weighted by Gasteiger charge is 2.40. The van der Waals surface area contributed by atoms with Gasteiger partial charge in [0.2, 0.25) is 5.91 Å². The molecule has 2 atom stereocenters. The number of carbonyl (C=O) groups is 2. The minimum atomic E-state index is -0.750. The SMILES string of the molecule is COc1ccc(CC2=CN(c3ccc(C(=O)NC[C@H]4CCCO4)cc3[N+](=O)[O-])[C@H](C(C)C)C(=O)N2Cc2ccc(O)cc2)cc1. The molecule has 0 aromatic heterocycles. The molecule has 0 spiro atoms. The first-order valence-electron chi connectivity index (χ1n) is 15.0. The third kappa shape index (κ3) is 7.26. The molecule has 3 aromatic rings. The number of nitro benzene ring substituents is 1. The molecule has 2 N–H and O–H groups in total. The Labute approximate surface area is 262 Å². The third-order valence-electron chi connectivity index (χ3n) is 8.13. The average Bonchev–Trinajstić information content (AvgIpc) is 3.56. The van der Waals surface area contributed by atoms with Crippen LogP contribution >= 0.6 is 0 Å². The topological polar surface area (TPSA) is 134 Å². The number of methoxy groups -OCH3 is 1. The van der Waals surface area contributed by atoms with E-state index in [0.717, 1.165) is 24.0 Å². The molecule has 45 heavy (non-hydrogen) atoms. The number of nitrogens with zero attached hydrogens (tertiary/aromatic N) is 3. The maximum Gasteiger partial charge on any atom is 0.293 e. The molecule has 2 aliphatic rings. The van der Waals surface area contributed by atoms with Gasteiger partial charge in [-0.1, -0.05) is 38.1 Å². The van der Waals surface area contributed by atoms with Crippen LogP contribution in [0.1, 0.15) is 48.2 Å². The normalized spacial score (nSPS) is 18.2. The van der Waals surface area contributed by atoms with Gasteiger partial charge >= 0.3 is 0 Å². The number of anilines is 1. The number of nitro groups is 1. The van der Waals surface area contributed by atoms with Crippen LogP contribution in [0.5, 0.6) is 11.5 Å². The Hall–Kier alpha value is -4.90. The van der Waals surface area contributed by atoms with E-state index in [2.05, 4.69) is 5.32 Å². The van der Waals surface area contributed by atoms with Crippen LogP contribution in [0.4, 0.5) is 11.4 Å². The number of ether oxygens (including phenoxy) is 2. The van der Waals surface area contributed by atoms with E-state index in [0.29, 0.717) is 31.0 Å². The van der Waals surface area contributed by atoms with E-state index >= 15 is 0 Å². The van der Waals surface area contributed by atoms with Gasteiger partial charge in [-0.25, -0.2) is 0 Å². The van der Waals surface area contributed by atoms with Crippen molar-refractivity contribution in [3.8, 4) is 11.5 Å². The van der Waals surface area contributed by atoms with Crippen molar-refractivity contribution in [1.82, 2.24) is 10.2 Å². The van der Waals surface area contributed by atoms with Gasteiger partial charge in [0.1, 0.15) is 23.2 Å². The molecule has 0 bridgehead atoms. The number of benzene rings is 3. The number of nitrogens with one attached hydrogen (secondary N) is 1. The summed E-state index contributed by atoms with van der Waals surface area (Å²) >= 11 is 0. The molecular formula is C34H38N4O7. The second kappa shape index (κ2) is 13.8. The van der Waals surface area contributed by atoms with Gasteiger partial charge in [-0.15, -0.1) is 0 Å². The molecule has 5 rings (SSSR count). The lowest BCUT2D eigenvalue weighted by molar-refractivity contribution is -0.384. The van der Waals surface area contributed by atoms with Crippen molar-refractivity contribution in [3.63, 3.8) is 0 Å². The van der Waals surface area contributed by atoms with E-state index in [4.69, 9.17) is 9.47 Å². The Bertz CT molecular complexity index is 1560. The standard InChI is InChI=1S/C34H38N4O7/c1-22(2)32-34(41)36(20-24-6-11-27(39)12-7-24)26(17-23-8-13-28(44-3)14-9-23)21-37(32)30-15-10-25(18-31(30)38(42)43)33(40)35-19-29-5-4-16-45-29/h6-15,18,21-22,29,32,39H,4-5,16-17,19-20H2,1-3H3,(H,35,40)/t29-,32-/m1/s1. The van der Waals surface area contributed by atoms with Crippen LogP contribution < -0.4 is 15.0 Å². The van der Waals surface area contributed by atoms with Crippen molar-refractivity contribution in [1.29, 1.82) is 0 Å². The Morgan fingerprint density at radius 3 is 2.44 bits per heavy atom. The first-order valence-corrected chi connectivity index (χ1v) is 15.0. The summed E-state index contributed by atoms with van der Waals surface area (Å²) in [5.41, 5.74) is 2.49. The van der Waals surface area contributed by atoms with E-state index in [1.165, 1.54) is 6.07 Å². The molecule has 2 heterocycles. The monoisotopic (exact) mass is 614 g/mol. The lowest BCUT2D eigenvalue weighted by Gasteiger charge is -2.42. The molecule has 236 valence electrons. The van der Waals surface area contributed by atoms with Crippen LogP contribution in [0.2, 0.25) is 0 Å². The van der Waals surface area contributed by atoms with Crippen molar-refractivity contribution in [2.24, 2.45) is 5.92 Å². The Morgan fingerprint density at radius 2 is 1.82 bits per heavy atom. The summed E-state index contributed by atoms with van der Waals surface area (Å²) in [4.78, 5) is 42.5. The molecule has 0 saturated carbocycles. The maximum absolute atomic E-state index is 14.3. The summed E-state index contributed by atoms with van der Waals surface area (Å²) in [7, 11) is 1.59. The fourth-order valence-corrected chi connectivity index (χ4v) is 5.76. The minimum Gasteiger partial charge on any atom is -0.508 e. The quantitative estimate of drug-likeness (QED) is 0.223. The van der Waals surface area contributed by atoms with Crippen LogP contribution in [0, 0.1) is 16.0 Å². The van der Waals surface area contributed by atoms with Gasteiger partial charge in [0, 0.05) is 43.1 Å². The molecule has 0 radical (unpaired) electrons. The molecule has 0 aliphatic carbocycles. The van der Waals surface area contributed by atoms with Crippen molar-refractivity contribution >= 4 is 23.2 Å². The van der Waals surface area contributed by atoms with Crippen LogP contribution in [-0.4, -0.2) is 59.2 Å². The first-order chi connectivity index (χ1) is 21.6. The highest BCUT2D eigenvalue weighted by molar-refractivity contribution is 5.96. The van der Waals surface area contributed by atoms with Gasteiger partial charge in [0.05, 0.1) is 24.7 Å². The number of phenolic OH excluding ortho intramolecular Hbond substituents is 1. The number of allylic oxidation sites excluding steroid dienone is 1. The smallest absolute Gasteiger partial charge is 0.293 e. The van der Waals surface area contributed by atoms with Crippen molar-refractivity contribution in [3.05, 3.63) is 105 Å². The fourth-order valence-electron chi connectivity index (χ4n) is 5.76. The summed E-state index contributed by atoms with van der Waals surface area (Å²) in [5, 5.41) is 25.0. The lowest BCUT2D eigenvalue weighted by atomic mass is 9.95. The molecule has 1 fully saturated rings. The van der Waals surface area contributed by atoms with Crippen molar-refractivity contribution < 1.29 is 29.1 Å². The van der Waals surface area contributed by atoms with E-state index < -0.39 is 16.9 Å². The lowest BCUT2D eigenvalue weighted by Crippen LogP contribution is -2.53. The van der Waals surface area contributed by atoms with Crippen LogP contribution in [0.15, 0.2) is 78.6 Å². The Balaban J connectivity index is 1.53. The number of carbonyl (C=O) groups excluding carboxylic acids is 2. The minimum absolute atomic E-state index is 0.0619. The maximum atomic E-state index is 14.3. The number of aromatic hydroxyl groups is 1. The predicted octanol–water partition coefficient (Wildman–Crippen LogP) is 5.18. The van der Waals surface area contributed by atoms with Crippen molar-refractivity contribution in [2.45, 2.75) is 51.8 Å². The molecule has 2 amide bonds. The largest absolute Gasteiger partial charge is 0.508 e. The van der Waals surface area contributed by atoms with Crippen LogP contribution in [0.25, 0.3) is 0 Å². The van der Waals surface area contributed by atoms with E-state index in [1.807, 2.05) is 38.1 Å². The Kier molecular flexibility index (Phi) is 9.68. The summed E-state index contributed by atoms with van der Waals surface area (Å²) in [6.07, 6.45) is 3.90. The number of phenols is 1. The number of hydrogen-bond acceptors (Lipinski definition) is 8. The van der Waals surface area contributed by atoms with E-state index in [1.54, 1.807) is 59.5 Å². The summed E-state index contributed by atoms with van der Waals surface area (Å²) in [6, 6.07) is 17.8. The summed E-state index contributed by atoms with van der Waals surface area (Å²) in [5.74, 6) is -0.0267. The van der Waals surface area contributed by atoms with E-state index in [9.17, 15) is 24.8 Å². The number of rotatable bonds is 11. The fraction of sp³-hybridized carbons (Fsp3) is 0.353. The van der Waals surface area contributed by atoms with E-state index in [-0.39, 0.29) is 47.2 Å². The molecule has 3 aromatic carbocycles. The molecule has 2 aliphatic heterocycles. The molecule has 0 unspecified atom stereocenters. The first kappa shape index (κ1) is 31.5. The molecule has 11 heteroatoms. The zero-order chi connectivity index (χ0) is 32.1. The third-order valence-corrected chi connectivity index (χ3v) is 8.13. The van der Waals surface area contributed by atoms with Crippen LogP contribution in [0.3, 0.4) is 0 Å². The second-order valence-corrected chi connectivity index (χ2v) is 11.6. The van der Waals surface area contributed by atoms with Gasteiger partial charge in [-0.05, 0) is 66.3 Å². The predicted molar refractivity (Wildman–Crippen MR) is 169 cm³/mol. The average molecular weight is 615 g/mol. The van der Waals surface area contributed by atoms with Gasteiger partial charge in [0.15, 0.2) is 0 Å². The Morgan fingerprint density at radius 1 is 1.11 bits per heavy atom. The van der Waals surface area contributed by atoms with Gasteiger partial charge in [-0.2, -0.15) is 0 Å². The highest BCUT2D eigenvalue weighted by Crippen LogP contribution is 2.37. The van der Waals surface area contributed by atoms with Gasteiger partial charge in [-0.3, -0.25) is 19.7 Å². The molecule has 11 nitrogen and oxygen atoms in total. The second-order valence-electron chi connectivity index (χ2n) is 11.6. The highest BCUT2D eigenvalue weighted by atomic mass is 16.6. The van der Waals surface area contributed by atoms with Gasteiger partial charge in [0.25, 0.3) is 11.6 Å². The number of hydrogen-bond donors (Lipinski definition) is 2.